The Hall–Kier alpha value is -2.04. The third-order valence-corrected chi connectivity index (χ3v) is 3.96. The first-order chi connectivity index (χ1) is 10.4. The smallest absolute Gasteiger partial charge is 0.319 e. The van der Waals surface area contributed by atoms with Gasteiger partial charge in [0, 0.05) is 10.0 Å². The Morgan fingerprint density at radius 2 is 1.18 bits per heavy atom. The quantitative estimate of drug-likeness (QED) is 0.868. The largest absolute Gasteiger partial charge is 0.481 e. The van der Waals surface area contributed by atoms with Crippen molar-refractivity contribution in [2.45, 2.75) is 11.8 Å². The lowest BCUT2D eigenvalue weighted by molar-refractivity contribution is -0.148. The van der Waals surface area contributed by atoms with E-state index in [0.29, 0.717) is 21.2 Å². The summed E-state index contributed by atoms with van der Waals surface area (Å²) in [7, 11) is 0. The lowest BCUT2D eigenvalue weighted by atomic mass is 9.72. The molecule has 0 atom stereocenters. The molecule has 0 aromatic heterocycles. The zero-order valence-corrected chi connectivity index (χ0v) is 12.8. The molecule has 2 N–H and O–H groups in total. The van der Waals surface area contributed by atoms with Crippen LogP contribution in [0.3, 0.4) is 0 Å². The van der Waals surface area contributed by atoms with Crippen LogP contribution in [0.4, 0.5) is 0 Å². The first kappa shape index (κ1) is 16.3. The molecule has 0 aliphatic heterocycles. The fourth-order valence-electron chi connectivity index (χ4n) is 2.39. The maximum atomic E-state index is 12.0. The number of carboxylic acids is 2. The van der Waals surface area contributed by atoms with Gasteiger partial charge in [-0.1, -0.05) is 47.5 Å². The van der Waals surface area contributed by atoms with Crippen LogP contribution in [-0.4, -0.2) is 22.2 Å². The zero-order valence-electron chi connectivity index (χ0n) is 11.3. The van der Waals surface area contributed by atoms with E-state index in [-0.39, 0.29) is 0 Å². The molecule has 0 bridgehead atoms. The highest BCUT2D eigenvalue weighted by Gasteiger charge is 2.44. The van der Waals surface area contributed by atoms with Crippen molar-refractivity contribution in [3.05, 3.63) is 69.7 Å². The Balaban J connectivity index is 2.70. The summed E-state index contributed by atoms with van der Waals surface area (Å²) in [5, 5.41) is 19.9. The Morgan fingerprint density at radius 1 is 0.818 bits per heavy atom. The second-order valence-electron chi connectivity index (χ2n) is 4.79. The summed E-state index contributed by atoms with van der Waals surface area (Å²) < 4.78 is 0. The van der Waals surface area contributed by atoms with Crippen molar-refractivity contribution in [1.82, 2.24) is 0 Å². The van der Waals surface area contributed by atoms with E-state index in [0.717, 1.165) is 0 Å². The van der Waals surface area contributed by atoms with Crippen LogP contribution in [0.15, 0.2) is 48.5 Å². The van der Waals surface area contributed by atoms with Crippen LogP contribution in [0.5, 0.6) is 0 Å². The zero-order chi connectivity index (χ0) is 16.3. The van der Waals surface area contributed by atoms with E-state index in [1.165, 1.54) is 48.5 Å². The maximum Gasteiger partial charge on any atom is 0.319 e. The van der Waals surface area contributed by atoms with Gasteiger partial charge in [-0.15, -0.1) is 0 Å². The van der Waals surface area contributed by atoms with Gasteiger partial charge in [0.25, 0.3) is 0 Å². The van der Waals surface area contributed by atoms with E-state index in [1.807, 2.05) is 0 Å². The minimum absolute atomic E-state index is 0.342. The Kier molecular flexibility index (Phi) is 4.74. The van der Waals surface area contributed by atoms with Gasteiger partial charge in [-0.2, -0.15) is 0 Å². The Labute approximate surface area is 136 Å². The Bertz CT molecular complexity index is 648. The number of aliphatic carboxylic acids is 2. The highest BCUT2D eigenvalue weighted by molar-refractivity contribution is 6.30. The van der Waals surface area contributed by atoms with Crippen molar-refractivity contribution in [2.24, 2.45) is 0 Å². The van der Waals surface area contributed by atoms with Crippen LogP contribution in [0.25, 0.3) is 0 Å². The normalized spacial score (nSPS) is 11.2. The summed E-state index contributed by atoms with van der Waals surface area (Å²) in [6.07, 6.45) is -0.592. The second-order valence-corrected chi connectivity index (χ2v) is 5.67. The van der Waals surface area contributed by atoms with Crippen LogP contribution in [-0.2, 0) is 15.0 Å². The van der Waals surface area contributed by atoms with Crippen LogP contribution in [0.1, 0.15) is 17.5 Å². The Morgan fingerprint density at radius 3 is 1.45 bits per heavy atom. The molecule has 4 nitrogen and oxygen atoms in total. The summed E-state index contributed by atoms with van der Waals surface area (Å²) in [6, 6.07) is 12.2. The topological polar surface area (TPSA) is 74.6 Å². The molecule has 0 saturated heterocycles. The van der Waals surface area contributed by atoms with E-state index in [4.69, 9.17) is 23.2 Å². The lowest BCUT2D eigenvalue weighted by Crippen LogP contribution is -2.39. The van der Waals surface area contributed by atoms with Gasteiger partial charge in [-0.05, 0) is 35.4 Å². The summed E-state index contributed by atoms with van der Waals surface area (Å²) in [4.78, 5) is 23.3. The lowest BCUT2D eigenvalue weighted by Gasteiger charge is -2.29. The first-order valence-electron chi connectivity index (χ1n) is 6.33. The van der Waals surface area contributed by atoms with Crippen molar-refractivity contribution >= 4 is 35.1 Å². The van der Waals surface area contributed by atoms with Crippen LogP contribution >= 0.6 is 23.2 Å². The molecule has 0 fully saturated rings. The predicted octanol–water partition coefficient (Wildman–Crippen LogP) is 3.84. The fraction of sp³-hybridized carbons (Fsp3) is 0.125. The van der Waals surface area contributed by atoms with Gasteiger partial charge in [-0.25, -0.2) is 0 Å². The van der Waals surface area contributed by atoms with E-state index in [1.54, 1.807) is 0 Å². The molecular formula is C16H12Cl2O4. The molecule has 2 aromatic carbocycles. The molecule has 0 amide bonds. The molecule has 6 heteroatoms. The van der Waals surface area contributed by atoms with Crippen molar-refractivity contribution < 1.29 is 19.8 Å². The maximum absolute atomic E-state index is 12.0. The van der Waals surface area contributed by atoms with Gasteiger partial charge in [0.1, 0.15) is 5.41 Å². The standard InChI is InChI=1S/C16H12Cl2O4/c17-12-5-1-10(2-6-12)16(15(21)22,9-14(19)20)11-3-7-13(18)8-4-11/h1-8H,9H2,(H,19,20)(H,21,22). The summed E-state index contributed by atoms with van der Waals surface area (Å²) in [5.41, 5.74) is -1.02. The van der Waals surface area contributed by atoms with Crippen molar-refractivity contribution in [3.63, 3.8) is 0 Å². The number of carbonyl (C=O) groups is 2. The fourth-order valence-corrected chi connectivity index (χ4v) is 2.64. The molecule has 0 radical (unpaired) electrons. The van der Waals surface area contributed by atoms with Crippen LogP contribution in [0.2, 0.25) is 10.0 Å². The third kappa shape index (κ3) is 3.08. The van der Waals surface area contributed by atoms with E-state index in [2.05, 4.69) is 0 Å². The van der Waals surface area contributed by atoms with Gasteiger partial charge in [-0.3, -0.25) is 9.59 Å². The molecule has 2 aromatic rings. The summed E-state index contributed by atoms with van der Waals surface area (Å²) in [5.74, 6) is -2.47. The molecule has 22 heavy (non-hydrogen) atoms. The van der Waals surface area contributed by atoms with E-state index in [9.17, 15) is 19.8 Å². The SMILES string of the molecule is O=C(O)CC(C(=O)O)(c1ccc(Cl)cc1)c1ccc(Cl)cc1. The van der Waals surface area contributed by atoms with E-state index < -0.39 is 23.8 Å². The first-order valence-corrected chi connectivity index (χ1v) is 7.09. The molecule has 0 aliphatic carbocycles. The number of benzene rings is 2. The van der Waals surface area contributed by atoms with Crippen molar-refractivity contribution in [3.8, 4) is 0 Å². The van der Waals surface area contributed by atoms with Gasteiger partial charge < -0.3 is 10.2 Å². The average molecular weight is 339 g/mol. The van der Waals surface area contributed by atoms with E-state index >= 15 is 0 Å². The monoisotopic (exact) mass is 338 g/mol. The van der Waals surface area contributed by atoms with Gasteiger partial charge in [0.05, 0.1) is 6.42 Å². The number of hydrogen-bond acceptors (Lipinski definition) is 2. The molecule has 0 heterocycles. The molecular weight excluding hydrogens is 327 g/mol. The van der Waals surface area contributed by atoms with Crippen molar-refractivity contribution in [2.75, 3.05) is 0 Å². The average Bonchev–Trinajstić information content (AvgIpc) is 2.46. The minimum Gasteiger partial charge on any atom is -0.481 e. The van der Waals surface area contributed by atoms with Crippen molar-refractivity contribution in [1.29, 1.82) is 0 Å². The molecule has 0 spiro atoms. The number of rotatable bonds is 5. The van der Waals surface area contributed by atoms with Gasteiger partial charge in [0.2, 0.25) is 0 Å². The molecule has 2 rings (SSSR count). The highest BCUT2D eigenvalue weighted by atomic mass is 35.5. The summed E-state index contributed by atoms with van der Waals surface area (Å²) in [6.45, 7) is 0. The summed E-state index contributed by atoms with van der Waals surface area (Å²) >= 11 is 11.7. The molecule has 0 unspecified atom stereocenters. The number of carboxylic acid groups (broad SMARTS) is 2. The van der Waals surface area contributed by atoms with Gasteiger partial charge in [0.15, 0.2) is 0 Å². The minimum atomic E-state index is -1.71. The molecule has 114 valence electrons. The predicted molar refractivity (Wildman–Crippen MR) is 83.6 cm³/mol. The highest BCUT2D eigenvalue weighted by Crippen LogP contribution is 2.37. The number of halogens is 2. The molecule has 0 saturated carbocycles. The third-order valence-electron chi connectivity index (χ3n) is 3.46. The second kappa shape index (κ2) is 6.38. The van der Waals surface area contributed by atoms with Crippen LogP contribution < -0.4 is 0 Å². The van der Waals surface area contributed by atoms with Crippen LogP contribution in [0, 0.1) is 0 Å². The van der Waals surface area contributed by atoms with Gasteiger partial charge >= 0.3 is 11.9 Å². The molecule has 0 aliphatic rings. The number of hydrogen-bond donors (Lipinski definition) is 2.